The van der Waals surface area contributed by atoms with Crippen molar-refractivity contribution in [1.29, 1.82) is 0 Å². The molecule has 0 aliphatic carbocycles. The van der Waals surface area contributed by atoms with Crippen LogP contribution in [0.15, 0.2) is 46.9 Å². The second kappa shape index (κ2) is 6.70. The van der Waals surface area contributed by atoms with Crippen LogP contribution in [0.5, 0.6) is 0 Å². The summed E-state index contributed by atoms with van der Waals surface area (Å²) in [5.74, 6) is -2.27. The number of carbonyl (C=O) groups is 1. The van der Waals surface area contributed by atoms with Crippen molar-refractivity contribution >= 4 is 21.9 Å². The van der Waals surface area contributed by atoms with E-state index in [1.165, 1.54) is 30.3 Å². The fourth-order valence-corrected chi connectivity index (χ4v) is 2.92. The summed E-state index contributed by atoms with van der Waals surface area (Å²) in [5.41, 5.74) is 0.0718. The molecule has 2 rings (SSSR count). The molecule has 0 heterocycles. The highest BCUT2D eigenvalue weighted by molar-refractivity contribution is 9.10. The molecule has 122 valence electrons. The van der Waals surface area contributed by atoms with Crippen molar-refractivity contribution in [2.75, 3.05) is 0 Å². The predicted molar refractivity (Wildman–Crippen MR) is 79.6 cm³/mol. The topological polar surface area (TPSA) is 37.3 Å². The maximum absolute atomic E-state index is 13.0. The standard InChI is InChI=1S/C16H11BrF4O2/c17-14-7-10(16(19,20)21)3-6-12(14)13(8-15(22)23)9-1-4-11(18)5-2-9/h1-7,13H,8H2,(H,22,23)/t13-/m0/s1. The first-order valence-electron chi connectivity index (χ1n) is 6.52. The Kier molecular flexibility index (Phi) is 5.09. The monoisotopic (exact) mass is 390 g/mol. The molecule has 0 radical (unpaired) electrons. The van der Waals surface area contributed by atoms with E-state index < -0.39 is 29.4 Å². The lowest BCUT2D eigenvalue weighted by atomic mass is 9.88. The molecule has 23 heavy (non-hydrogen) atoms. The van der Waals surface area contributed by atoms with Crippen molar-refractivity contribution in [3.63, 3.8) is 0 Å². The Morgan fingerprint density at radius 1 is 1.13 bits per heavy atom. The molecule has 0 amide bonds. The van der Waals surface area contributed by atoms with Gasteiger partial charge in [0.2, 0.25) is 0 Å². The van der Waals surface area contributed by atoms with Crippen LogP contribution in [0.3, 0.4) is 0 Å². The first-order chi connectivity index (χ1) is 10.7. The van der Waals surface area contributed by atoms with E-state index in [0.29, 0.717) is 11.1 Å². The van der Waals surface area contributed by atoms with Gasteiger partial charge in [0.15, 0.2) is 0 Å². The van der Waals surface area contributed by atoms with Crippen molar-refractivity contribution in [2.24, 2.45) is 0 Å². The van der Waals surface area contributed by atoms with Gasteiger partial charge in [0.25, 0.3) is 0 Å². The largest absolute Gasteiger partial charge is 0.481 e. The van der Waals surface area contributed by atoms with Crippen LogP contribution in [0.25, 0.3) is 0 Å². The average molecular weight is 391 g/mol. The fraction of sp³-hybridized carbons (Fsp3) is 0.188. The van der Waals surface area contributed by atoms with Gasteiger partial charge in [-0.1, -0.05) is 34.1 Å². The second-order valence-electron chi connectivity index (χ2n) is 4.94. The van der Waals surface area contributed by atoms with Gasteiger partial charge < -0.3 is 5.11 Å². The van der Waals surface area contributed by atoms with Gasteiger partial charge in [-0.2, -0.15) is 13.2 Å². The zero-order chi connectivity index (χ0) is 17.2. The number of carboxylic acid groups (broad SMARTS) is 1. The molecule has 7 heteroatoms. The highest BCUT2D eigenvalue weighted by Crippen LogP contribution is 2.37. The van der Waals surface area contributed by atoms with Crippen LogP contribution in [-0.4, -0.2) is 11.1 Å². The van der Waals surface area contributed by atoms with Crippen molar-refractivity contribution in [3.8, 4) is 0 Å². The lowest BCUT2D eigenvalue weighted by Gasteiger charge is -2.19. The van der Waals surface area contributed by atoms with Crippen LogP contribution in [0.1, 0.15) is 29.0 Å². The molecular formula is C16H11BrF4O2. The highest BCUT2D eigenvalue weighted by atomic mass is 79.9. The third-order valence-electron chi connectivity index (χ3n) is 3.35. The minimum Gasteiger partial charge on any atom is -0.481 e. The normalized spacial score (nSPS) is 12.9. The lowest BCUT2D eigenvalue weighted by molar-refractivity contribution is -0.138. The van der Waals surface area contributed by atoms with E-state index in [9.17, 15) is 22.4 Å². The van der Waals surface area contributed by atoms with Gasteiger partial charge in [0, 0.05) is 10.4 Å². The molecular weight excluding hydrogens is 380 g/mol. The predicted octanol–water partition coefficient (Wildman–Crippen LogP) is 5.21. The summed E-state index contributed by atoms with van der Waals surface area (Å²) >= 11 is 3.07. The van der Waals surface area contributed by atoms with Gasteiger partial charge >= 0.3 is 12.1 Å². The number of aliphatic carboxylic acids is 1. The maximum atomic E-state index is 13.0. The van der Waals surface area contributed by atoms with E-state index in [0.717, 1.165) is 12.1 Å². The van der Waals surface area contributed by atoms with E-state index in [1.54, 1.807) is 0 Å². The molecule has 0 bridgehead atoms. The summed E-state index contributed by atoms with van der Waals surface area (Å²) in [4.78, 5) is 11.1. The summed E-state index contributed by atoms with van der Waals surface area (Å²) in [7, 11) is 0. The lowest BCUT2D eigenvalue weighted by Crippen LogP contribution is -2.10. The number of alkyl halides is 3. The summed E-state index contributed by atoms with van der Waals surface area (Å²) in [6, 6.07) is 8.26. The van der Waals surface area contributed by atoms with Crippen molar-refractivity contribution in [1.82, 2.24) is 0 Å². The van der Waals surface area contributed by atoms with Crippen LogP contribution in [0.2, 0.25) is 0 Å². The zero-order valence-corrected chi connectivity index (χ0v) is 13.2. The summed E-state index contributed by atoms with van der Waals surface area (Å²) in [5, 5.41) is 9.07. The minimum absolute atomic E-state index is 0.155. The molecule has 0 spiro atoms. The fourth-order valence-electron chi connectivity index (χ4n) is 2.26. The average Bonchev–Trinajstić information content (AvgIpc) is 2.45. The van der Waals surface area contributed by atoms with Crippen molar-refractivity contribution in [2.45, 2.75) is 18.5 Å². The Balaban J connectivity index is 2.47. The van der Waals surface area contributed by atoms with Crippen molar-refractivity contribution < 1.29 is 27.5 Å². The molecule has 0 fully saturated rings. The second-order valence-corrected chi connectivity index (χ2v) is 5.79. The summed E-state index contributed by atoms with van der Waals surface area (Å²) in [6.07, 6.45) is -4.81. The van der Waals surface area contributed by atoms with Crippen LogP contribution in [0.4, 0.5) is 17.6 Å². The molecule has 0 saturated carbocycles. The van der Waals surface area contributed by atoms with Gasteiger partial charge in [-0.15, -0.1) is 0 Å². The van der Waals surface area contributed by atoms with Gasteiger partial charge in [0.05, 0.1) is 12.0 Å². The molecule has 2 aromatic rings. The SMILES string of the molecule is O=C(O)C[C@@H](c1ccc(F)cc1)c1ccc(C(F)(F)F)cc1Br. The van der Waals surface area contributed by atoms with Gasteiger partial charge in [0.1, 0.15) is 5.82 Å². The molecule has 0 saturated heterocycles. The molecule has 2 aromatic carbocycles. The Morgan fingerprint density at radius 3 is 2.22 bits per heavy atom. The van der Waals surface area contributed by atoms with Crippen LogP contribution >= 0.6 is 15.9 Å². The zero-order valence-electron chi connectivity index (χ0n) is 11.6. The van der Waals surface area contributed by atoms with Crippen molar-refractivity contribution in [3.05, 3.63) is 69.4 Å². The first kappa shape index (κ1) is 17.5. The molecule has 2 nitrogen and oxygen atoms in total. The molecule has 1 atom stereocenters. The Bertz CT molecular complexity index is 711. The van der Waals surface area contributed by atoms with E-state index in [4.69, 9.17) is 5.11 Å². The third kappa shape index (κ3) is 4.31. The van der Waals surface area contributed by atoms with E-state index in [2.05, 4.69) is 15.9 Å². The van der Waals surface area contributed by atoms with E-state index in [-0.39, 0.29) is 10.9 Å². The van der Waals surface area contributed by atoms with Gasteiger partial charge in [-0.05, 0) is 35.4 Å². The first-order valence-corrected chi connectivity index (χ1v) is 7.31. The van der Waals surface area contributed by atoms with Crippen LogP contribution in [-0.2, 0) is 11.0 Å². The molecule has 0 aliphatic rings. The summed E-state index contributed by atoms with van der Waals surface area (Å²) < 4.78 is 51.3. The quantitative estimate of drug-likeness (QED) is 0.727. The minimum atomic E-state index is -4.49. The molecule has 1 N–H and O–H groups in total. The number of rotatable bonds is 4. The van der Waals surface area contributed by atoms with Crippen LogP contribution < -0.4 is 0 Å². The molecule has 0 unspecified atom stereocenters. The number of hydrogen-bond donors (Lipinski definition) is 1. The van der Waals surface area contributed by atoms with Gasteiger partial charge in [-0.25, -0.2) is 4.39 Å². The Labute approximate surface area is 137 Å². The third-order valence-corrected chi connectivity index (χ3v) is 4.04. The highest BCUT2D eigenvalue weighted by Gasteiger charge is 2.31. The summed E-state index contributed by atoms with van der Waals surface area (Å²) in [6.45, 7) is 0. The number of hydrogen-bond acceptors (Lipinski definition) is 1. The Hall–Kier alpha value is -1.89. The molecule has 0 aromatic heterocycles. The Morgan fingerprint density at radius 2 is 1.74 bits per heavy atom. The number of benzene rings is 2. The number of halogens is 5. The van der Waals surface area contributed by atoms with E-state index >= 15 is 0 Å². The maximum Gasteiger partial charge on any atom is 0.416 e. The van der Waals surface area contributed by atoms with Gasteiger partial charge in [-0.3, -0.25) is 4.79 Å². The molecule has 0 aliphatic heterocycles. The van der Waals surface area contributed by atoms with Crippen LogP contribution in [0, 0.1) is 5.82 Å². The smallest absolute Gasteiger partial charge is 0.416 e. The number of carboxylic acids is 1. The van der Waals surface area contributed by atoms with E-state index in [1.807, 2.05) is 0 Å².